The van der Waals surface area contributed by atoms with Crippen LogP contribution >= 0.6 is 0 Å². The highest BCUT2D eigenvalue weighted by molar-refractivity contribution is 5.91. The minimum absolute atomic E-state index is 0.0621. The number of Topliss-reactive ketones (excluding diaryl/α,β-unsaturated/α-hetero) is 1. The smallest absolute Gasteiger partial charge is 0.315 e. The van der Waals surface area contributed by atoms with Crippen LogP contribution in [-0.2, 0) is 16.0 Å². The molecule has 0 spiro atoms. The van der Waals surface area contributed by atoms with Gasteiger partial charge >= 0.3 is 11.9 Å². The van der Waals surface area contributed by atoms with Gasteiger partial charge in [0.25, 0.3) is 0 Å². The minimum Gasteiger partial charge on any atom is -0.338 e. The number of benzene rings is 1. The largest absolute Gasteiger partial charge is 0.338 e. The molecule has 0 saturated carbocycles. The van der Waals surface area contributed by atoms with Gasteiger partial charge in [-0.3, -0.25) is 10.5 Å². The standard InChI is InChI=1S/C20H31N3O3/c1-2-3-4-8-14-22-20(26)23-17(15-19(21)25)18(24)13-9-12-16-10-6-5-7-11-16/h5-7,10-11,17H,2-4,8-9,12-15H2,1H3,(H2,21,25)(H2,22,23,26)/p+1/t17-/m1/s1. The van der Waals surface area contributed by atoms with E-state index in [2.05, 4.69) is 23.3 Å². The number of quaternary nitrogens is 1. The SMILES string of the molecule is CCCCCCNC(=O)N[C@H](CC([NH3+])=O)C(=O)CCCc1ccccc1. The van der Waals surface area contributed by atoms with E-state index in [1.54, 1.807) is 0 Å². The van der Waals surface area contributed by atoms with Crippen LogP contribution in [-0.4, -0.2) is 30.3 Å². The van der Waals surface area contributed by atoms with Crippen LogP contribution in [0.15, 0.2) is 30.3 Å². The lowest BCUT2D eigenvalue weighted by atomic mass is 10.0. The second-order valence-electron chi connectivity index (χ2n) is 6.56. The van der Waals surface area contributed by atoms with Crippen molar-refractivity contribution in [3.8, 4) is 0 Å². The van der Waals surface area contributed by atoms with Crippen molar-refractivity contribution in [2.45, 2.75) is 64.3 Å². The molecule has 0 fully saturated rings. The van der Waals surface area contributed by atoms with E-state index in [1.165, 1.54) is 5.56 Å². The zero-order chi connectivity index (χ0) is 19.2. The number of unbranched alkanes of at least 4 members (excludes halogenated alkanes) is 3. The molecule has 6 nitrogen and oxygen atoms in total. The number of carbonyl (C=O) groups is 3. The molecule has 5 N–H and O–H groups in total. The summed E-state index contributed by atoms with van der Waals surface area (Å²) in [6.07, 6.45) is 5.99. The third kappa shape index (κ3) is 9.93. The highest BCUT2D eigenvalue weighted by atomic mass is 16.2. The summed E-state index contributed by atoms with van der Waals surface area (Å²) in [5.74, 6) is -0.478. The summed E-state index contributed by atoms with van der Waals surface area (Å²) in [6, 6.07) is 8.73. The molecule has 0 aliphatic heterocycles. The second kappa shape index (κ2) is 13.1. The maximum Gasteiger partial charge on any atom is 0.315 e. The number of urea groups is 1. The molecule has 0 bridgehead atoms. The number of rotatable bonds is 13. The predicted octanol–water partition coefficient (Wildman–Crippen LogP) is 1.99. The summed E-state index contributed by atoms with van der Waals surface area (Å²) < 4.78 is 0. The first-order valence-electron chi connectivity index (χ1n) is 9.48. The van der Waals surface area contributed by atoms with Crippen molar-refractivity contribution in [3.63, 3.8) is 0 Å². The fourth-order valence-corrected chi connectivity index (χ4v) is 2.72. The molecular weight excluding hydrogens is 330 g/mol. The van der Waals surface area contributed by atoms with E-state index in [0.717, 1.165) is 32.1 Å². The predicted molar refractivity (Wildman–Crippen MR) is 101 cm³/mol. The molecular formula is C20H32N3O3+. The van der Waals surface area contributed by atoms with Crippen LogP contribution in [0.4, 0.5) is 4.79 Å². The Hall–Kier alpha value is -2.21. The van der Waals surface area contributed by atoms with Gasteiger partial charge in [0, 0.05) is 13.0 Å². The third-order valence-electron chi connectivity index (χ3n) is 4.17. The van der Waals surface area contributed by atoms with Gasteiger partial charge in [0.15, 0.2) is 5.78 Å². The lowest BCUT2D eigenvalue weighted by molar-refractivity contribution is -0.306. The Labute approximate surface area is 155 Å². The molecule has 0 unspecified atom stereocenters. The molecule has 0 aliphatic carbocycles. The van der Waals surface area contributed by atoms with Crippen LogP contribution in [0.5, 0.6) is 0 Å². The topological polar surface area (TPSA) is 103 Å². The normalized spacial score (nSPS) is 11.6. The minimum atomic E-state index is -0.800. The van der Waals surface area contributed by atoms with Gasteiger partial charge in [0.2, 0.25) is 0 Å². The number of carbonyl (C=O) groups excluding carboxylic acids is 3. The van der Waals surface area contributed by atoms with E-state index in [-0.39, 0.29) is 18.1 Å². The van der Waals surface area contributed by atoms with E-state index in [0.29, 0.717) is 19.4 Å². The van der Waals surface area contributed by atoms with Crippen LogP contribution in [0.1, 0.15) is 57.4 Å². The Kier molecular flexibility index (Phi) is 11.0. The van der Waals surface area contributed by atoms with Gasteiger partial charge in [-0.05, 0) is 24.8 Å². The molecule has 0 saturated heterocycles. The number of nitrogens with one attached hydrogen (secondary N) is 2. The van der Waals surface area contributed by atoms with Crippen LogP contribution in [0.25, 0.3) is 0 Å². The molecule has 0 aromatic heterocycles. The number of amides is 3. The zero-order valence-electron chi connectivity index (χ0n) is 15.8. The van der Waals surface area contributed by atoms with Gasteiger partial charge < -0.3 is 10.6 Å². The average molecular weight is 362 g/mol. The van der Waals surface area contributed by atoms with Crippen molar-refractivity contribution in [1.82, 2.24) is 10.6 Å². The summed E-state index contributed by atoms with van der Waals surface area (Å²) in [6.45, 7) is 2.70. The summed E-state index contributed by atoms with van der Waals surface area (Å²) >= 11 is 0. The lowest BCUT2D eigenvalue weighted by Crippen LogP contribution is -2.60. The lowest BCUT2D eigenvalue weighted by Gasteiger charge is -2.16. The van der Waals surface area contributed by atoms with Crippen molar-refractivity contribution < 1.29 is 20.1 Å². The molecule has 0 heterocycles. The highest BCUT2D eigenvalue weighted by Crippen LogP contribution is 2.07. The molecule has 6 heteroatoms. The Morgan fingerprint density at radius 3 is 2.42 bits per heavy atom. The van der Waals surface area contributed by atoms with Crippen molar-refractivity contribution in [2.75, 3.05) is 6.54 Å². The summed E-state index contributed by atoms with van der Waals surface area (Å²) in [5.41, 5.74) is 4.50. The first kappa shape index (κ1) is 21.8. The third-order valence-corrected chi connectivity index (χ3v) is 4.17. The molecule has 1 aromatic rings. The maximum absolute atomic E-state index is 12.4. The molecule has 0 aliphatic rings. The molecule has 3 amide bonds. The van der Waals surface area contributed by atoms with Crippen LogP contribution in [0.3, 0.4) is 0 Å². The van der Waals surface area contributed by atoms with Crippen LogP contribution in [0.2, 0.25) is 0 Å². The van der Waals surface area contributed by atoms with Crippen LogP contribution < -0.4 is 16.4 Å². The van der Waals surface area contributed by atoms with Gasteiger partial charge in [-0.2, -0.15) is 0 Å². The molecule has 1 atom stereocenters. The fraction of sp³-hybridized carbons (Fsp3) is 0.550. The molecule has 0 radical (unpaired) electrons. The number of hydrogen-bond acceptors (Lipinski definition) is 3. The Balaban J connectivity index is 2.39. The average Bonchev–Trinajstić information content (AvgIpc) is 2.61. The van der Waals surface area contributed by atoms with E-state index < -0.39 is 12.1 Å². The molecule has 1 rings (SSSR count). The summed E-state index contributed by atoms with van der Waals surface area (Å²) in [5, 5.41) is 5.38. The first-order valence-corrected chi connectivity index (χ1v) is 9.48. The van der Waals surface area contributed by atoms with Crippen molar-refractivity contribution >= 4 is 17.7 Å². The van der Waals surface area contributed by atoms with Gasteiger partial charge in [-0.25, -0.2) is 9.59 Å². The Morgan fingerprint density at radius 2 is 1.77 bits per heavy atom. The Bertz CT molecular complexity index is 561. The van der Waals surface area contributed by atoms with Crippen molar-refractivity contribution in [3.05, 3.63) is 35.9 Å². The fourth-order valence-electron chi connectivity index (χ4n) is 2.72. The quantitative estimate of drug-likeness (QED) is 0.468. The van der Waals surface area contributed by atoms with Gasteiger partial charge in [-0.1, -0.05) is 56.5 Å². The first-order chi connectivity index (χ1) is 12.5. The van der Waals surface area contributed by atoms with E-state index >= 15 is 0 Å². The van der Waals surface area contributed by atoms with Gasteiger partial charge in [0.1, 0.15) is 6.04 Å². The van der Waals surface area contributed by atoms with E-state index in [1.807, 2.05) is 30.3 Å². The van der Waals surface area contributed by atoms with E-state index in [9.17, 15) is 14.4 Å². The zero-order valence-corrected chi connectivity index (χ0v) is 15.8. The molecule has 26 heavy (non-hydrogen) atoms. The number of ketones is 1. The van der Waals surface area contributed by atoms with Crippen molar-refractivity contribution in [1.29, 1.82) is 0 Å². The number of aryl methyl sites for hydroxylation is 1. The highest BCUT2D eigenvalue weighted by Gasteiger charge is 2.23. The number of hydrogen-bond donors (Lipinski definition) is 3. The summed E-state index contributed by atoms with van der Waals surface area (Å²) in [7, 11) is 0. The summed E-state index contributed by atoms with van der Waals surface area (Å²) in [4.78, 5) is 35.7. The van der Waals surface area contributed by atoms with Gasteiger partial charge in [-0.15, -0.1) is 0 Å². The second-order valence-corrected chi connectivity index (χ2v) is 6.56. The molecule has 144 valence electrons. The Morgan fingerprint density at radius 1 is 1.04 bits per heavy atom. The molecule has 1 aromatic carbocycles. The maximum atomic E-state index is 12.4. The van der Waals surface area contributed by atoms with E-state index in [4.69, 9.17) is 0 Å². The monoisotopic (exact) mass is 362 g/mol. The van der Waals surface area contributed by atoms with Crippen molar-refractivity contribution in [2.24, 2.45) is 0 Å². The van der Waals surface area contributed by atoms with Gasteiger partial charge in [0.05, 0.1) is 6.42 Å². The van der Waals surface area contributed by atoms with Crippen LogP contribution in [0, 0.1) is 0 Å².